The molecule has 0 atom stereocenters. The van der Waals surface area contributed by atoms with Crippen molar-refractivity contribution in [1.82, 2.24) is 0 Å². The highest BCUT2D eigenvalue weighted by molar-refractivity contribution is 4.50. The van der Waals surface area contributed by atoms with Gasteiger partial charge in [0.15, 0.2) is 0 Å². The van der Waals surface area contributed by atoms with Gasteiger partial charge in [0.05, 0.1) is 5.60 Å². The summed E-state index contributed by atoms with van der Waals surface area (Å²) in [6.07, 6.45) is 0. The van der Waals surface area contributed by atoms with E-state index in [0.29, 0.717) is 0 Å². The molecule has 0 saturated carbocycles. The SMILES string of the molecule is CC(C)(C)O.O. The molecule has 0 amide bonds. The fourth-order valence-electron chi connectivity index (χ4n) is 0. The second-order valence-electron chi connectivity index (χ2n) is 2.17. The lowest BCUT2D eigenvalue weighted by atomic mass is 10.2. The molecule has 2 heteroatoms. The normalized spacial score (nSPS) is 10.0. The number of rotatable bonds is 0. The maximum atomic E-state index is 8.52. The molecule has 0 heterocycles. The van der Waals surface area contributed by atoms with Gasteiger partial charge in [0, 0.05) is 0 Å². The maximum absolute atomic E-state index is 8.52. The summed E-state index contributed by atoms with van der Waals surface area (Å²) in [6, 6.07) is 0. The highest BCUT2D eigenvalue weighted by Crippen LogP contribution is 1.93. The first-order chi connectivity index (χ1) is 2.00. The van der Waals surface area contributed by atoms with Crippen LogP contribution in [0.25, 0.3) is 0 Å². The van der Waals surface area contributed by atoms with Crippen molar-refractivity contribution in [1.29, 1.82) is 0 Å². The second kappa shape index (κ2) is 2.16. The number of aliphatic hydroxyl groups is 1. The topological polar surface area (TPSA) is 51.7 Å². The molecule has 0 aromatic rings. The van der Waals surface area contributed by atoms with Crippen molar-refractivity contribution in [3.8, 4) is 0 Å². The van der Waals surface area contributed by atoms with Gasteiger partial charge in [-0.2, -0.15) is 0 Å². The summed E-state index contributed by atoms with van der Waals surface area (Å²) in [6.45, 7) is 5.23. The van der Waals surface area contributed by atoms with E-state index in [-0.39, 0.29) is 5.48 Å². The van der Waals surface area contributed by atoms with E-state index in [1.54, 1.807) is 20.8 Å². The lowest BCUT2D eigenvalue weighted by Crippen LogP contribution is -2.10. The predicted molar refractivity (Wildman–Crippen MR) is 25.6 cm³/mol. The summed E-state index contributed by atoms with van der Waals surface area (Å²) in [5, 5.41) is 8.52. The van der Waals surface area contributed by atoms with Gasteiger partial charge in [-0.3, -0.25) is 0 Å². The lowest BCUT2D eigenvalue weighted by molar-refractivity contribution is 0.102. The zero-order chi connectivity index (χ0) is 4.50. The van der Waals surface area contributed by atoms with E-state index in [1.807, 2.05) is 0 Å². The molecule has 0 aliphatic rings. The fourth-order valence-corrected chi connectivity index (χ4v) is 0. The molecule has 0 aromatic heterocycles. The molecule has 0 spiro atoms. The molecular weight excluding hydrogens is 80.0 g/mol. The minimum Gasteiger partial charge on any atom is -0.412 e. The fraction of sp³-hybridized carbons (Fsp3) is 1.00. The van der Waals surface area contributed by atoms with Crippen LogP contribution < -0.4 is 0 Å². The van der Waals surface area contributed by atoms with E-state index >= 15 is 0 Å². The molecular formula is C4H12O2. The Morgan fingerprint density at radius 3 is 1.17 bits per heavy atom. The van der Waals surface area contributed by atoms with Crippen molar-refractivity contribution in [2.45, 2.75) is 26.4 Å². The number of hydrogen-bond acceptors (Lipinski definition) is 1. The van der Waals surface area contributed by atoms with Crippen LogP contribution in [0, 0.1) is 0 Å². The minimum atomic E-state index is -0.500. The number of hydrogen-bond donors (Lipinski definition) is 1. The van der Waals surface area contributed by atoms with Crippen molar-refractivity contribution in [2.24, 2.45) is 0 Å². The molecule has 0 saturated heterocycles. The Morgan fingerprint density at radius 2 is 1.17 bits per heavy atom. The predicted octanol–water partition coefficient (Wildman–Crippen LogP) is -0.0475. The average molecular weight is 92.1 g/mol. The summed E-state index contributed by atoms with van der Waals surface area (Å²) >= 11 is 0. The molecule has 40 valence electrons. The quantitative estimate of drug-likeness (QED) is 0.447. The molecule has 0 bridgehead atoms. The van der Waals surface area contributed by atoms with Crippen LogP contribution in [0.3, 0.4) is 0 Å². The van der Waals surface area contributed by atoms with Crippen molar-refractivity contribution < 1.29 is 10.6 Å². The van der Waals surface area contributed by atoms with Crippen LogP contribution in [-0.4, -0.2) is 16.2 Å². The largest absolute Gasteiger partial charge is 0.412 e. The van der Waals surface area contributed by atoms with Crippen LogP contribution >= 0.6 is 0 Å². The maximum Gasteiger partial charge on any atom is 0.0563 e. The molecule has 0 aliphatic carbocycles. The van der Waals surface area contributed by atoms with E-state index in [1.165, 1.54) is 0 Å². The van der Waals surface area contributed by atoms with Crippen LogP contribution in [0.5, 0.6) is 0 Å². The van der Waals surface area contributed by atoms with E-state index in [2.05, 4.69) is 0 Å². The van der Waals surface area contributed by atoms with Gasteiger partial charge >= 0.3 is 0 Å². The lowest BCUT2D eigenvalue weighted by Gasteiger charge is -2.04. The third-order valence-corrected chi connectivity index (χ3v) is 0. The molecule has 0 radical (unpaired) electrons. The molecule has 0 aromatic carbocycles. The van der Waals surface area contributed by atoms with E-state index in [0.717, 1.165) is 0 Å². The molecule has 0 aliphatic heterocycles. The van der Waals surface area contributed by atoms with Gasteiger partial charge in [-0.05, 0) is 20.8 Å². The van der Waals surface area contributed by atoms with Crippen LogP contribution in [0.1, 0.15) is 20.8 Å². The van der Waals surface area contributed by atoms with Crippen LogP contribution in [0.4, 0.5) is 0 Å². The van der Waals surface area contributed by atoms with Crippen molar-refractivity contribution in [3.05, 3.63) is 0 Å². The Morgan fingerprint density at radius 1 is 1.17 bits per heavy atom. The highest BCUT2D eigenvalue weighted by Gasteiger charge is 1.97. The molecule has 2 nitrogen and oxygen atoms in total. The first-order valence-electron chi connectivity index (χ1n) is 1.72. The average Bonchev–Trinajstić information content (AvgIpc) is 0.722. The van der Waals surface area contributed by atoms with Crippen LogP contribution in [-0.2, 0) is 0 Å². The summed E-state index contributed by atoms with van der Waals surface area (Å²) in [7, 11) is 0. The summed E-state index contributed by atoms with van der Waals surface area (Å²) in [5.74, 6) is 0. The monoisotopic (exact) mass is 92.1 g/mol. The standard InChI is InChI=1S/C4H10O.H2O/c1-4(2,3)5;/h5H,1-3H3;1H2. The molecule has 0 unspecified atom stereocenters. The first-order valence-corrected chi connectivity index (χ1v) is 1.72. The summed E-state index contributed by atoms with van der Waals surface area (Å²) in [5.41, 5.74) is -0.500. The van der Waals surface area contributed by atoms with Gasteiger partial charge in [0.2, 0.25) is 0 Å². The van der Waals surface area contributed by atoms with Gasteiger partial charge in [-0.15, -0.1) is 0 Å². The van der Waals surface area contributed by atoms with E-state index < -0.39 is 5.60 Å². The second-order valence-corrected chi connectivity index (χ2v) is 2.17. The molecule has 3 N–H and O–H groups in total. The van der Waals surface area contributed by atoms with E-state index in [9.17, 15) is 0 Å². The highest BCUT2D eigenvalue weighted by atomic mass is 16.3. The zero-order valence-corrected chi connectivity index (χ0v) is 4.45. The van der Waals surface area contributed by atoms with Gasteiger partial charge in [-0.25, -0.2) is 0 Å². The van der Waals surface area contributed by atoms with Crippen LogP contribution in [0.2, 0.25) is 0 Å². The van der Waals surface area contributed by atoms with Crippen molar-refractivity contribution in [3.63, 3.8) is 0 Å². The molecule has 6 heavy (non-hydrogen) atoms. The summed E-state index contributed by atoms with van der Waals surface area (Å²) < 4.78 is 0. The Kier molecular flexibility index (Phi) is 3.35. The Hall–Kier alpha value is -0.0800. The molecule has 0 rings (SSSR count). The smallest absolute Gasteiger partial charge is 0.0563 e. The Balaban J connectivity index is 0. The van der Waals surface area contributed by atoms with Gasteiger partial charge in [0.25, 0.3) is 0 Å². The molecule has 0 fully saturated rings. The van der Waals surface area contributed by atoms with Gasteiger partial charge in [-0.1, -0.05) is 0 Å². The third kappa shape index (κ3) is 5220. The first kappa shape index (κ1) is 9.33. The van der Waals surface area contributed by atoms with Crippen molar-refractivity contribution in [2.75, 3.05) is 0 Å². The van der Waals surface area contributed by atoms with E-state index in [4.69, 9.17) is 5.11 Å². The zero-order valence-electron chi connectivity index (χ0n) is 4.45. The van der Waals surface area contributed by atoms with Crippen LogP contribution in [0.15, 0.2) is 0 Å². The van der Waals surface area contributed by atoms with Crippen molar-refractivity contribution >= 4 is 0 Å². The van der Waals surface area contributed by atoms with Gasteiger partial charge < -0.3 is 10.6 Å². The Bertz CT molecular complexity index is 21.0. The Labute approximate surface area is 38.1 Å². The third-order valence-electron chi connectivity index (χ3n) is 0. The van der Waals surface area contributed by atoms with Gasteiger partial charge in [0.1, 0.15) is 0 Å². The summed E-state index contributed by atoms with van der Waals surface area (Å²) in [4.78, 5) is 0. The minimum absolute atomic E-state index is 0.